The fourth-order valence-electron chi connectivity index (χ4n) is 1.78. The van der Waals surface area contributed by atoms with Crippen LogP contribution in [0.25, 0.3) is 0 Å². The van der Waals surface area contributed by atoms with E-state index < -0.39 is 6.04 Å². The second kappa shape index (κ2) is 9.59. The molecule has 0 aliphatic carbocycles. The van der Waals surface area contributed by atoms with Crippen LogP contribution >= 0.6 is 0 Å². The molecule has 0 bridgehead atoms. The molecule has 1 amide bonds. The van der Waals surface area contributed by atoms with Gasteiger partial charge in [0.2, 0.25) is 5.91 Å². The predicted octanol–water partition coefficient (Wildman–Crippen LogP) is 2.92. The summed E-state index contributed by atoms with van der Waals surface area (Å²) in [7, 11) is 0. The van der Waals surface area contributed by atoms with Crippen LogP contribution in [-0.2, 0) is 14.3 Å². The van der Waals surface area contributed by atoms with Crippen molar-refractivity contribution < 1.29 is 14.3 Å². The van der Waals surface area contributed by atoms with Crippen LogP contribution in [-0.4, -0.2) is 35.5 Å². The van der Waals surface area contributed by atoms with Crippen molar-refractivity contribution in [1.29, 1.82) is 0 Å². The van der Waals surface area contributed by atoms with Gasteiger partial charge in [-0.2, -0.15) is 0 Å². The minimum atomic E-state index is -0.561. The molecule has 0 heterocycles. The van der Waals surface area contributed by atoms with Gasteiger partial charge in [-0.1, -0.05) is 32.8 Å². The maximum Gasteiger partial charge on any atom is 0.328 e. The van der Waals surface area contributed by atoms with Gasteiger partial charge in [0.25, 0.3) is 0 Å². The minimum Gasteiger partial charge on any atom is -0.461 e. The number of ether oxygens (including phenoxy) is 1. The Labute approximate surface area is 116 Å². The number of hydrogen-bond acceptors (Lipinski definition) is 3. The summed E-state index contributed by atoms with van der Waals surface area (Å²) in [5, 5.41) is 0. The first-order valence-electron chi connectivity index (χ1n) is 7.07. The van der Waals surface area contributed by atoms with E-state index in [-0.39, 0.29) is 18.0 Å². The average Bonchev–Trinajstić information content (AvgIpc) is 2.36. The second-order valence-electron chi connectivity index (χ2n) is 4.96. The van der Waals surface area contributed by atoms with Crippen molar-refractivity contribution in [3.05, 3.63) is 12.7 Å². The van der Waals surface area contributed by atoms with E-state index in [1.807, 2.05) is 0 Å². The van der Waals surface area contributed by atoms with Crippen molar-refractivity contribution in [3.8, 4) is 0 Å². The third-order valence-corrected chi connectivity index (χ3v) is 2.87. The first kappa shape index (κ1) is 17.7. The van der Waals surface area contributed by atoms with Gasteiger partial charge in [-0.15, -0.1) is 0 Å². The molecule has 0 aromatic carbocycles. The molecule has 0 saturated carbocycles. The van der Waals surface area contributed by atoms with E-state index in [4.69, 9.17) is 4.74 Å². The number of amides is 1. The number of rotatable bonds is 9. The van der Waals surface area contributed by atoms with Gasteiger partial charge in [0.1, 0.15) is 6.04 Å². The van der Waals surface area contributed by atoms with E-state index in [9.17, 15) is 9.59 Å². The fourth-order valence-corrected chi connectivity index (χ4v) is 1.78. The largest absolute Gasteiger partial charge is 0.461 e. The maximum absolute atomic E-state index is 11.9. The van der Waals surface area contributed by atoms with Crippen LogP contribution in [0.15, 0.2) is 12.7 Å². The summed E-state index contributed by atoms with van der Waals surface area (Å²) in [4.78, 5) is 25.2. The Balaban J connectivity index is 4.51. The van der Waals surface area contributed by atoms with Gasteiger partial charge in [0, 0.05) is 6.54 Å². The quantitative estimate of drug-likeness (QED) is 0.367. The van der Waals surface area contributed by atoms with Crippen molar-refractivity contribution in [2.24, 2.45) is 0 Å². The zero-order chi connectivity index (χ0) is 14.8. The molecular formula is C15H27NO3. The van der Waals surface area contributed by atoms with Gasteiger partial charge in [-0.25, -0.2) is 4.79 Å². The number of nitrogens with zero attached hydrogens (tertiary/aromatic N) is 1. The molecule has 0 aromatic rings. The molecule has 0 spiro atoms. The number of carbonyl (C=O) groups excluding carboxylic acids is 2. The normalized spacial score (nSPS) is 12.1. The van der Waals surface area contributed by atoms with Crippen molar-refractivity contribution in [1.82, 2.24) is 4.90 Å². The zero-order valence-corrected chi connectivity index (χ0v) is 12.6. The number of esters is 1. The standard InChI is InChI=1S/C15H27NO3/c1-6-8-9-10-11-16(14(17)7-2)13(5)15(18)19-12(3)4/h7,12-13H,2,6,8-11H2,1,3-5H3. The first-order chi connectivity index (χ1) is 8.93. The van der Waals surface area contributed by atoms with Gasteiger partial charge in [-0.05, 0) is 33.3 Å². The Morgan fingerprint density at radius 3 is 2.32 bits per heavy atom. The monoisotopic (exact) mass is 269 g/mol. The zero-order valence-electron chi connectivity index (χ0n) is 12.6. The highest BCUT2D eigenvalue weighted by atomic mass is 16.5. The first-order valence-corrected chi connectivity index (χ1v) is 7.07. The summed E-state index contributed by atoms with van der Waals surface area (Å²) in [6.07, 6.45) is 5.31. The molecule has 0 fully saturated rings. The van der Waals surface area contributed by atoms with Crippen LogP contribution in [0.3, 0.4) is 0 Å². The van der Waals surface area contributed by atoms with Gasteiger partial charge >= 0.3 is 5.97 Å². The van der Waals surface area contributed by atoms with E-state index in [0.29, 0.717) is 6.54 Å². The molecule has 1 atom stereocenters. The summed E-state index contributed by atoms with van der Waals surface area (Å²) >= 11 is 0. The molecule has 0 aliphatic heterocycles. The van der Waals surface area contributed by atoms with Gasteiger partial charge in [-0.3, -0.25) is 4.79 Å². The molecular weight excluding hydrogens is 242 g/mol. The summed E-state index contributed by atoms with van der Waals surface area (Å²) in [5.74, 6) is -0.578. The lowest BCUT2D eigenvalue weighted by Crippen LogP contribution is -2.44. The van der Waals surface area contributed by atoms with E-state index >= 15 is 0 Å². The third-order valence-electron chi connectivity index (χ3n) is 2.87. The molecule has 0 rings (SSSR count). The fraction of sp³-hybridized carbons (Fsp3) is 0.733. The third kappa shape index (κ3) is 6.99. The Kier molecular flexibility index (Phi) is 8.92. The Morgan fingerprint density at radius 2 is 1.84 bits per heavy atom. The summed E-state index contributed by atoms with van der Waals surface area (Å²) in [6.45, 7) is 11.5. The molecule has 1 unspecified atom stereocenters. The van der Waals surface area contributed by atoms with Crippen LogP contribution < -0.4 is 0 Å². The Morgan fingerprint density at radius 1 is 1.21 bits per heavy atom. The van der Waals surface area contributed by atoms with E-state index in [1.54, 1.807) is 20.8 Å². The lowest BCUT2D eigenvalue weighted by Gasteiger charge is -2.27. The van der Waals surface area contributed by atoms with Crippen LogP contribution in [0.2, 0.25) is 0 Å². The van der Waals surface area contributed by atoms with Crippen LogP contribution in [0.1, 0.15) is 53.4 Å². The Bertz CT molecular complexity index is 300. The average molecular weight is 269 g/mol. The van der Waals surface area contributed by atoms with Crippen molar-refractivity contribution in [2.75, 3.05) is 6.54 Å². The summed E-state index contributed by atoms with van der Waals surface area (Å²) in [5.41, 5.74) is 0. The lowest BCUT2D eigenvalue weighted by molar-refractivity contribution is -0.156. The minimum absolute atomic E-state index is 0.171. The molecule has 0 aliphatic rings. The molecule has 0 radical (unpaired) electrons. The lowest BCUT2D eigenvalue weighted by atomic mass is 10.1. The van der Waals surface area contributed by atoms with Crippen LogP contribution in [0, 0.1) is 0 Å². The van der Waals surface area contributed by atoms with Crippen molar-refractivity contribution in [2.45, 2.75) is 65.5 Å². The predicted molar refractivity (Wildman–Crippen MR) is 76.7 cm³/mol. The molecule has 4 heteroatoms. The van der Waals surface area contributed by atoms with E-state index in [0.717, 1.165) is 25.7 Å². The van der Waals surface area contributed by atoms with Gasteiger partial charge < -0.3 is 9.64 Å². The van der Waals surface area contributed by atoms with Crippen molar-refractivity contribution >= 4 is 11.9 Å². The molecule has 0 aromatic heterocycles. The SMILES string of the molecule is C=CC(=O)N(CCCCCC)C(C)C(=O)OC(C)C. The molecule has 110 valence electrons. The Hall–Kier alpha value is -1.32. The molecule has 0 N–H and O–H groups in total. The van der Waals surface area contributed by atoms with Crippen LogP contribution in [0.4, 0.5) is 0 Å². The van der Waals surface area contributed by atoms with Gasteiger partial charge in [0.05, 0.1) is 6.10 Å². The van der Waals surface area contributed by atoms with E-state index in [2.05, 4.69) is 13.5 Å². The number of unbranched alkanes of at least 4 members (excludes halogenated alkanes) is 3. The topological polar surface area (TPSA) is 46.6 Å². The second-order valence-corrected chi connectivity index (χ2v) is 4.96. The highest BCUT2D eigenvalue weighted by molar-refractivity contribution is 5.91. The molecule has 4 nitrogen and oxygen atoms in total. The van der Waals surface area contributed by atoms with Gasteiger partial charge in [0.15, 0.2) is 0 Å². The highest BCUT2D eigenvalue weighted by Crippen LogP contribution is 2.08. The smallest absolute Gasteiger partial charge is 0.328 e. The maximum atomic E-state index is 11.9. The number of hydrogen-bond donors (Lipinski definition) is 0. The molecule has 19 heavy (non-hydrogen) atoms. The number of carbonyl (C=O) groups is 2. The molecule has 0 saturated heterocycles. The highest BCUT2D eigenvalue weighted by Gasteiger charge is 2.25. The summed E-state index contributed by atoms with van der Waals surface area (Å²) < 4.78 is 5.15. The summed E-state index contributed by atoms with van der Waals surface area (Å²) in [6, 6.07) is -0.561. The van der Waals surface area contributed by atoms with Crippen molar-refractivity contribution in [3.63, 3.8) is 0 Å². The van der Waals surface area contributed by atoms with Crippen LogP contribution in [0.5, 0.6) is 0 Å². The van der Waals surface area contributed by atoms with E-state index in [1.165, 1.54) is 11.0 Å².